The fraction of sp³-hybridized carbons (Fsp3) is 0.429. The number of sulfonamides is 1. The summed E-state index contributed by atoms with van der Waals surface area (Å²) in [6.07, 6.45) is 0.726. The molecule has 0 aromatic heterocycles. The molecule has 3 rings (SSSR count). The van der Waals surface area contributed by atoms with Crippen LogP contribution < -0.4 is 14.4 Å². The van der Waals surface area contributed by atoms with Crippen LogP contribution in [0, 0.1) is 12.7 Å². The van der Waals surface area contributed by atoms with Gasteiger partial charge in [-0.3, -0.25) is 4.90 Å². The number of ether oxygens (including phenoxy) is 1. The Labute approximate surface area is 172 Å². The summed E-state index contributed by atoms with van der Waals surface area (Å²) in [7, 11) is -2.14. The number of hydrogen-bond acceptors (Lipinski definition) is 5. The lowest BCUT2D eigenvalue weighted by molar-refractivity contribution is 0.255. The van der Waals surface area contributed by atoms with Gasteiger partial charge in [-0.25, -0.2) is 17.5 Å². The fourth-order valence-electron chi connectivity index (χ4n) is 3.46. The Balaban J connectivity index is 1.44. The SMILES string of the molecule is COc1ccc(C)cc1S(=O)(=O)NCCCN1CCN(c2ccc(F)cc2)CC1. The van der Waals surface area contributed by atoms with E-state index in [2.05, 4.69) is 14.5 Å². The highest BCUT2D eigenvalue weighted by Gasteiger charge is 2.20. The van der Waals surface area contributed by atoms with Gasteiger partial charge in [0.05, 0.1) is 7.11 Å². The monoisotopic (exact) mass is 421 g/mol. The van der Waals surface area contributed by atoms with Crippen LogP contribution in [0.3, 0.4) is 0 Å². The number of benzene rings is 2. The van der Waals surface area contributed by atoms with Crippen molar-refractivity contribution in [2.24, 2.45) is 0 Å². The van der Waals surface area contributed by atoms with Crippen molar-refractivity contribution in [3.63, 3.8) is 0 Å². The van der Waals surface area contributed by atoms with Gasteiger partial charge in [0, 0.05) is 38.4 Å². The van der Waals surface area contributed by atoms with Crippen LogP contribution in [0.25, 0.3) is 0 Å². The van der Waals surface area contributed by atoms with E-state index >= 15 is 0 Å². The largest absolute Gasteiger partial charge is 0.495 e. The maximum atomic E-state index is 13.1. The molecule has 158 valence electrons. The van der Waals surface area contributed by atoms with Crippen molar-refractivity contribution in [3.8, 4) is 5.75 Å². The molecular weight excluding hydrogens is 393 g/mol. The highest BCUT2D eigenvalue weighted by Crippen LogP contribution is 2.24. The number of piperazine rings is 1. The van der Waals surface area contributed by atoms with E-state index in [-0.39, 0.29) is 10.7 Å². The summed E-state index contributed by atoms with van der Waals surface area (Å²) < 4.78 is 46.1. The number of halogens is 1. The molecule has 1 aliphatic heterocycles. The van der Waals surface area contributed by atoms with Crippen molar-refractivity contribution in [1.29, 1.82) is 0 Å². The number of nitrogens with one attached hydrogen (secondary N) is 1. The fourth-order valence-corrected chi connectivity index (χ4v) is 4.79. The first kappa shape index (κ1) is 21.5. The van der Waals surface area contributed by atoms with Crippen LogP contribution in [0.1, 0.15) is 12.0 Å². The molecule has 1 fully saturated rings. The smallest absolute Gasteiger partial charge is 0.244 e. The van der Waals surface area contributed by atoms with E-state index in [4.69, 9.17) is 4.74 Å². The van der Waals surface area contributed by atoms with Crippen molar-refractivity contribution in [2.75, 3.05) is 51.3 Å². The zero-order valence-electron chi connectivity index (χ0n) is 16.9. The van der Waals surface area contributed by atoms with Crippen LogP contribution in [0.4, 0.5) is 10.1 Å². The molecule has 0 radical (unpaired) electrons. The molecule has 8 heteroatoms. The average Bonchev–Trinajstić information content (AvgIpc) is 2.72. The second kappa shape index (κ2) is 9.56. The standard InChI is InChI=1S/C21H28FN3O3S/c1-17-4-9-20(28-2)21(16-17)29(26,27)23-10-3-11-24-12-14-25(15-13-24)19-7-5-18(22)6-8-19/h4-9,16,23H,3,10-15H2,1-2H3. The van der Waals surface area contributed by atoms with Crippen LogP contribution in [0.2, 0.25) is 0 Å². The maximum Gasteiger partial charge on any atom is 0.244 e. The highest BCUT2D eigenvalue weighted by atomic mass is 32.2. The van der Waals surface area contributed by atoms with E-state index in [1.165, 1.54) is 19.2 Å². The summed E-state index contributed by atoms with van der Waals surface area (Å²) >= 11 is 0. The number of hydrogen-bond donors (Lipinski definition) is 1. The Morgan fingerprint density at radius 1 is 1.07 bits per heavy atom. The minimum atomic E-state index is -3.61. The normalized spacial score (nSPS) is 15.5. The van der Waals surface area contributed by atoms with Gasteiger partial charge < -0.3 is 9.64 Å². The second-order valence-corrected chi connectivity index (χ2v) is 8.95. The Morgan fingerprint density at radius 3 is 2.41 bits per heavy atom. The predicted octanol–water partition coefficient (Wildman–Crippen LogP) is 2.63. The Bertz CT molecular complexity index is 911. The quantitative estimate of drug-likeness (QED) is 0.664. The predicted molar refractivity (Wildman–Crippen MR) is 113 cm³/mol. The number of anilines is 1. The first-order valence-corrected chi connectivity index (χ1v) is 11.2. The molecule has 0 unspecified atom stereocenters. The zero-order valence-corrected chi connectivity index (χ0v) is 17.7. The highest BCUT2D eigenvalue weighted by molar-refractivity contribution is 7.89. The topological polar surface area (TPSA) is 61.9 Å². The molecule has 1 heterocycles. The summed E-state index contributed by atoms with van der Waals surface area (Å²) in [4.78, 5) is 4.73. The van der Waals surface area contributed by atoms with Crippen LogP contribution in [-0.4, -0.2) is 59.7 Å². The first-order chi connectivity index (χ1) is 13.9. The van der Waals surface area contributed by atoms with Crippen molar-refractivity contribution < 1.29 is 17.5 Å². The summed E-state index contributed by atoms with van der Waals surface area (Å²) in [6.45, 7) is 6.59. The van der Waals surface area contributed by atoms with Crippen molar-refractivity contribution in [3.05, 3.63) is 53.8 Å². The van der Waals surface area contributed by atoms with E-state index in [0.29, 0.717) is 12.3 Å². The number of nitrogens with zero attached hydrogens (tertiary/aromatic N) is 2. The number of methoxy groups -OCH3 is 1. The summed E-state index contributed by atoms with van der Waals surface area (Å²) in [5.74, 6) is 0.123. The minimum absolute atomic E-state index is 0.174. The number of aryl methyl sites for hydroxylation is 1. The van der Waals surface area contributed by atoms with Crippen molar-refractivity contribution in [1.82, 2.24) is 9.62 Å². The lowest BCUT2D eigenvalue weighted by atomic mass is 10.2. The van der Waals surface area contributed by atoms with Gasteiger partial charge in [0.2, 0.25) is 10.0 Å². The van der Waals surface area contributed by atoms with Crippen LogP contribution in [0.15, 0.2) is 47.4 Å². The van der Waals surface area contributed by atoms with Crippen molar-refractivity contribution >= 4 is 15.7 Å². The molecule has 0 aliphatic carbocycles. The molecule has 0 bridgehead atoms. The molecule has 1 saturated heterocycles. The molecule has 1 N–H and O–H groups in total. The van der Waals surface area contributed by atoms with Gasteiger partial charge in [-0.05, 0) is 61.9 Å². The molecule has 0 amide bonds. The van der Waals surface area contributed by atoms with E-state index < -0.39 is 10.0 Å². The third-order valence-corrected chi connectivity index (χ3v) is 6.60. The lowest BCUT2D eigenvalue weighted by Crippen LogP contribution is -2.47. The van der Waals surface area contributed by atoms with Crippen LogP contribution >= 0.6 is 0 Å². The minimum Gasteiger partial charge on any atom is -0.495 e. The van der Waals surface area contributed by atoms with E-state index in [0.717, 1.165) is 50.4 Å². The van der Waals surface area contributed by atoms with Gasteiger partial charge in [-0.2, -0.15) is 0 Å². The molecule has 29 heavy (non-hydrogen) atoms. The van der Waals surface area contributed by atoms with Gasteiger partial charge in [0.1, 0.15) is 16.5 Å². The summed E-state index contributed by atoms with van der Waals surface area (Å²) in [5, 5.41) is 0. The summed E-state index contributed by atoms with van der Waals surface area (Å²) in [5.41, 5.74) is 1.90. The van der Waals surface area contributed by atoms with Crippen LogP contribution in [0.5, 0.6) is 5.75 Å². The second-order valence-electron chi connectivity index (χ2n) is 7.21. The van der Waals surface area contributed by atoms with Gasteiger partial charge >= 0.3 is 0 Å². The summed E-state index contributed by atoms with van der Waals surface area (Å²) in [6, 6.07) is 11.7. The molecule has 0 atom stereocenters. The third-order valence-electron chi connectivity index (χ3n) is 5.12. The molecule has 0 spiro atoms. The molecular formula is C21H28FN3O3S. The van der Waals surface area contributed by atoms with E-state index in [9.17, 15) is 12.8 Å². The lowest BCUT2D eigenvalue weighted by Gasteiger charge is -2.36. The van der Waals surface area contributed by atoms with Gasteiger partial charge in [0.15, 0.2) is 0 Å². The Hall–Kier alpha value is -2.16. The zero-order chi connectivity index (χ0) is 20.9. The van der Waals surface area contributed by atoms with E-state index in [1.54, 1.807) is 24.3 Å². The molecule has 2 aromatic carbocycles. The Kier molecular flexibility index (Phi) is 7.10. The first-order valence-electron chi connectivity index (χ1n) is 9.76. The maximum absolute atomic E-state index is 13.1. The Morgan fingerprint density at radius 2 is 1.76 bits per heavy atom. The van der Waals surface area contributed by atoms with Gasteiger partial charge in [-0.15, -0.1) is 0 Å². The number of rotatable bonds is 8. The van der Waals surface area contributed by atoms with Crippen molar-refractivity contribution in [2.45, 2.75) is 18.2 Å². The van der Waals surface area contributed by atoms with Gasteiger partial charge in [0.25, 0.3) is 0 Å². The molecule has 6 nitrogen and oxygen atoms in total. The van der Waals surface area contributed by atoms with Crippen LogP contribution in [-0.2, 0) is 10.0 Å². The average molecular weight is 422 g/mol. The van der Waals surface area contributed by atoms with Gasteiger partial charge in [-0.1, -0.05) is 6.07 Å². The molecule has 1 aliphatic rings. The molecule has 0 saturated carbocycles. The third kappa shape index (κ3) is 5.68. The van der Waals surface area contributed by atoms with E-state index in [1.807, 2.05) is 13.0 Å². The molecule has 2 aromatic rings.